The summed E-state index contributed by atoms with van der Waals surface area (Å²) in [6, 6.07) is 0. The van der Waals surface area contributed by atoms with Gasteiger partial charge < -0.3 is 4.90 Å². The van der Waals surface area contributed by atoms with Gasteiger partial charge in [0, 0.05) is 14.1 Å². The standard InChI is InChI=1S/C5H8ClNS/c1-4(6)5(8)7(2)3/h1H2,2-3H3. The summed E-state index contributed by atoms with van der Waals surface area (Å²) in [4.78, 5) is 2.33. The number of hydrogen-bond acceptors (Lipinski definition) is 1. The predicted octanol–water partition coefficient (Wildman–Crippen LogP) is 1.63. The van der Waals surface area contributed by atoms with Crippen LogP contribution in [-0.2, 0) is 0 Å². The first-order valence-electron chi connectivity index (χ1n) is 2.11. The molecule has 46 valence electrons. The fourth-order valence-electron chi connectivity index (χ4n) is 0.243. The minimum absolute atomic E-state index is 0.421. The molecule has 0 bridgehead atoms. The molecule has 8 heavy (non-hydrogen) atoms. The first-order chi connectivity index (χ1) is 3.55. The zero-order chi connectivity index (χ0) is 6.73. The van der Waals surface area contributed by atoms with E-state index in [-0.39, 0.29) is 0 Å². The molecule has 0 atom stereocenters. The van der Waals surface area contributed by atoms with Gasteiger partial charge in [-0.3, -0.25) is 0 Å². The quantitative estimate of drug-likeness (QED) is 0.412. The van der Waals surface area contributed by atoms with E-state index in [0.717, 1.165) is 0 Å². The van der Waals surface area contributed by atoms with E-state index in [4.69, 9.17) is 23.8 Å². The van der Waals surface area contributed by atoms with Crippen molar-refractivity contribution in [2.45, 2.75) is 0 Å². The fraction of sp³-hybridized carbons (Fsp3) is 0.400. The Morgan fingerprint density at radius 3 is 2.00 bits per heavy atom. The van der Waals surface area contributed by atoms with Gasteiger partial charge >= 0.3 is 0 Å². The van der Waals surface area contributed by atoms with Crippen molar-refractivity contribution in [1.29, 1.82) is 0 Å². The van der Waals surface area contributed by atoms with Crippen LogP contribution in [-0.4, -0.2) is 24.0 Å². The highest BCUT2D eigenvalue weighted by atomic mass is 35.5. The van der Waals surface area contributed by atoms with E-state index in [2.05, 4.69) is 6.58 Å². The summed E-state index contributed by atoms with van der Waals surface area (Å²) in [6.07, 6.45) is 0. The monoisotopic (exact) mass is 149 g/mol. The van der Waals surface area contributed by atoms with Gasteiger partial charge in [-0.2, -0.15) is 0 Å². The van der Waals surface area contributed by atoms with Crippen LogP contribution in [0.15, 0.2) is 11.6 Å². The van der Waals surface area contributed by atoms with Gasteiger partial charge in [0.05, 0.1) is 5.03 Å². The highest BCUT2D eigenvalue weighted by Crippen LogP contribution is 2.01. The lowest BCUT2D eigenvalue weighted by Crippen LogP contribution is -2.18. The molecule has 0 radical (unpaired) electrons. The summed E-state index contributed by atoms with van der Waals surface area (Å²) in [5.41, 5.74) is 0. The largest absolute Gasteiger partial charge is 0.368 e. The van der Waals surface area contributed by atoms with Crippen LogP contribution in [0.4, 0.5) is 0 Å². The van der Waals surface area contributed by atoms with Crippen molar-refractivity contribution in [2.75, 3.05) is 14.1 Å². The lowest BCUT2D eigenvalue weighted by Gasteiger charge is -2.10. The molecule has 0 unspecified atom stereocenters. The van der Waals surface area contributed by atoms with E-state index in [0.29, 0.717) is 10.0 Å². The van der Waals surface area contributed by atoms with Crippen LogP contribution in [0.3, 0.4) is 0 Å². The molecule has 0 aromatic rings. The van der Waals surface area contributed by atoms with Gasteiger partial charge in [-0.1, -0.05) is 30.4 Å². The van der Waals surface area contributed by atoms with Crippen LogP contribution < -0.4 is 0 Å². The molecule has 3 heteroatoms. The molecule has 0 rings (SSSR count). The van der Waals surface area contributed by atoms with Crippen molar-refractivity contribution in [3.8, 4) is 0 Å². The van der Waals surface area contributed by atoms with Gasteiger partial charge in [0.15, 0.2) is 0 Å². The number of rotatable bonds is 1. The lowest BCUT2D eigenvalue weighted by atomic mass is 10.6. The minimum atomic E-state index is 0.421. The fourth-order valence-corrected chi connectivity index (χ4v) is 0.412. The highest BCUT2D eigenvalue weighted by molar-refractivity contribution is 7.80. The van der Waals surface area contributed by atoms with Gasteiger partial charge in [-0.15, -0.1) is 0 Å². The van der Waals surface area contributed by atoms with Gasteiger partial charge in [-0.25, -0.2) is 0 Å². The summed E-state index contributed by atoms with van der Waals surface area (Å²) in [5.74, 6) is 0. The number of likely N-dealkylation sites (N-methyl/N-ethyl adjacent to an activating group) is 1. The van der Waals surface area contributed by atoms with Crippen molar-refractivity contribution >= 4 is 28.8 Å². The molecule has 0 N–H and O–H groups in total. The van der Waals surface area contributed by atoms with Crippen molar-refractivity contribution in [3.05, 3.63) is 11.6 Å². The van der Waals surface area contributed by atoms with Crippen molar-refractivity contribution in [3.63, 3.8) is 0 Å². The second kappa shape index (κ2) is 3.05. The Morgan fingerprint density at radius 1 is 1.62 bits per heavy atom. The predicted molar refractivity (Wildman–Crippen MR) is 41.3 cm³/mol. The summed E-state index contributed by atoms with van der Waals surface area (Å²) in [6.45, 7) is 3.46. The van der Waals surface area contributed by atoms with Gasteiger partial charge in [-0.05, 0) is 0 Å². The third-order valence-electron chi connectivity index (χ3n) is 0.638. The Balaban J connectivity index is 3.84. The molecule has 0 saturated heterocycles. The van der Waals surface area contributed by atoms with Crippen LogP contribution >= 0.6 is 23.8 Å². The van der Waals surface area contributed by atoms with Crippen LogP contribution in [0.1, 0.15) is 0 Å². The second-order valence-corrected chi connectivity index (χ2v) is 2.45. The normalized spacial score (nSPS) is 8.38. The molecule has 0 amide bonds. The molecule has 0 aromatic carbocycles. The van der Waals surface area contributed by atoms with Crippen molar-refractivity contribution < 1.29 is 0 Å². The zero-order valence-corrected chi connectivity index (χ0v) is 6.51. The Labute approximate surface area is 59.9 Å². The Hall–Kier alpha value is -0.0800. The average molecular weight is 150 g/mol. The van der Waals surface area contributed by atoms with Gasteiger partial charge in [0.2, 0.25) is 0 Å². The van der Waals surface area contributed by atoms with Crippen LogP contribution in [0.25, 0.3) is 0 Å². The second-order valence-electron chi connectivity index (χ2n) is 1.60. The smallest absolute Gasteiger partial charge is 0.119 e. The summed E-state index contributed by atoms with van der Waals surface area (Å²) in [7, 11) is 3.66. The van der Waals surface area contributed by atoms with E-state index < -0.39 is 0 Å². The maximum atomic E-state index is 5.45. The van der Waals surface area contributed by atoms with E-state index >= 15 is 0 Å². The molecule has 0 aliphatic heterocycles. The van der Waals surface area contributed by atoms with Gasteiger partial charge in [0.1, 0.15) is 4.99 Å². The Bertz CT molecular complexity index is 120. The average Bonchev–Trinajstić information content (AvgIpc) is 1.64. The highest BCUT2D eigenvalue weighted by Gasteiger charge is 1.98. The molecule has 0 heterocycles. The topological polar surface area (TPSA) is 3.24 Å². The molecule has 0 fully saturated rings. The maximum Gasteiger partial charge on any atom is 0.119 e. The van der Waals surface area contributed by atoms with E-state index in [1.807, 2.05) is 14.1 Å². The van der Waals surface area contributed by atoms with Crippen molar-refractivity contribution in [2.24, 2.45) is 0 Å². The third kappa shape index (κ3) is 2.28. The Morgan fingerprint density at radius 2 is 2.00 bits per heavy atom. The molecule has 0 aliphatic carbocycles. The molecule has 0 aromatic heterocycles. The summed E-state index contributed by atoms with van der Waals surface area (Å²) >= 11 is 10.2. The molecular weight excluding hydrogens is 142 g/mol. The molecule has 0 saturated carbocycles. The SMILES string of the molecule is C=C(Cl)C(=S)N(C)C. The van der Waals surface area contributed by atoms with E-state index in [1.165, 1.54) is 0 Å². The van der Waals surface area contributed by atoms with Crippen LogP contribution in [0, 0.1) is 0 Å². The summed E-state index contributed by atoms with van der Waals surface area (Å²) < 4.78 is 0. The number of thiocarbonyl (C=S) groups is 1. The number of halogens is 1. The number of hydrogen-bond donors (Lipinski definition) is 0. The molecule has 0 spiro atoms. The molecule has 0 aliphatic rings. The number of nitrogens with zero attached hydrogens (tertiary/aromatic N) is 1. The first-order valence-corrected chi connectivity index (χ1v) is 2.90. The first kappa shape index (κ1) is 7.92. The van der Waals surface area contributed by atoms with E-state index in [9.17, 15) is 0 Å². The lowest BCUT2D eigenvalue weighted by molar-refractivity contribution is 0.638. The molecular formula is C5H8ClNS. The maximum absolute atomic E-state index is 5.45. The van der Waals surface area contributed by atoms with Gasteiger partial charge in [0.25, 0.3) is 0 Å². The Kier molecular flexibility index (Phi) is 3.02. The van der Waals surface area contributed by atoms with E-state index in [1.54, 1.807) is 4.90 Å². The third-order valence-corrected chi connectivity index (χ3v) is 1.54. The van der Waals surface area contributed by atoms with Crippen molar-refractivity contribution in [1.82, 2.24) is 4.90 Å². The zero-order valence-electron chi connectivity index (χ0n) is 4.94. The van der Waals surface area contributed by atoms with Crippen LogP contribution in [0.5, 0.6) is 0 Å². The summed E-state index contributed by atoms with van der Waals surface area (Å²) in [5, 5.41) is 0.421. The molecule has 1 nitrogen and oxygen atoms in total. The minimum Gasteiger partial charge on any atom is -0.368 e. The van der Waals surface area contributed by atoms with Crippen LogP contribution in [0.2, 0.25) is 0 Å².